The average Bonchev–Trinajstić information content (AvgIpc) is 2.65. The number of halogens is 1. The first-order valence-electron chi connectivity index (χ1n) is 8.89. The minimum atomic E-state index is -0.424. The minimum Gasteiger partial charge on any atom is -0.378 e. The quantitative estimate of drug-likeness (QED) is 0.746. The molecule has 0 atom stereocenters. The zero-order chi connectivity index (χ0) is 17.3. The Balaban J connectivity index is 1.26. The molecule has 0 unspecified atom stereocenters. The molecule has 1 saturated heterocycles. The van der Waals surface area contributed by atoms with Gasteiger partial charge in [-0.25, -0.2) is 14.4 Å². The van der Waals surface area contributed by atoms with Crippen LogP contribution in [-0.4, -0.2) is 47.2 Å². The normalized spacial score (nSPS) is 16.0. The molecule has 1 fully saturated rings. The van der Waals surface area contributed by atoms with Crippen LogP contribution in [0.15, 0.2) is 42.7 Å². The molecular formula is C19H25FN4O. The van der Waals surface area contributed by atoms with Gasteiger partial charge in [0.15, 0.2) is 5.82 Å². The molecule has 1 aliphatic heterocycles. The van der Waals surface area contributed by atoms with Gasteiger partial charge >= 0.3 is 0 Å². The van der Waals surface area contributed by atoms with Crippen molar-refractivity contribution in [3.05, 3.63) is 54.1 Å². The van der Waals surface area contributed by atoms with E-state index in [4.69, 9.17) is 4.74 Å². The Kier molecular flexibility index (Phi) is 6.71. The zero-order valence-electron chi connectivity index (χ0n) is 14.4. The van der Waals surface area contributed by atoms with Crippen molar-refractivity contribution in [2.24, 2.45) is 0 Å². The summed E-state index contributed by atoms with van der Waals surface area (Å²) in [5, 5.41) is 3.07. The van der Waals surface area contributed by atoms with E-state index in [-0.39, 0.29) is 0 Å². The van der Waals surface area contributed by atoms with Crippen LogP contribution in [0.4, 0.5) is 10.3 Å². The molecule has 0 spiro atoms. The van der Waals surface area contributed by atoms with E-state index in [9.17, 15) is 4.39 Å². The van der Waals surface area contributed by atoms with Crippen molar-refractivity contribution in [1.29, 1.82) is 0 Å². The van der Waals surface area contributed by atoms with Crippen molar-refractivity contribution in [3.8, 4) is 0 Å². The second kappa shape index (κ2) is 9.44. The molecule has 25 heavy (non-hydrogen) atoms. The Hall–Kier alpha value is -2.05. The molecule has 0 radical (unpaired) electrons. The smallest absolute Gasteiger partial charge is 0.222 e. The SMILES string of the molecule is Fc1cnc(NCCCOC2CCN(Cc3ccccc3)CC2)nc1. The van der Waals surface area contributed by atoms with Gasteiger partial charge < -0.3 is 10.1 Å². The van der Waals surface area contributed by atoms with Gasteiger partial charge in [-0.3, -0.25) is 4.90 Å². The van der Waals surface area contributed by atoms with Gasteiger partial charge in [0.05, 0.1) is 18.5 Å². The Morgan fingerprint density at radius 1 is 1.12 bits per heavy atom. The number of nitrogens with one attached hydrogen (secondary N) is 1. The monoisotopic (exact) mass is 344 g/mol. The molecule has 0 bridgehead atoms. The van der Waals surface area contributed by atoms with E-state index < -0.39 is 5.82 Å². The van der Waals surface area contributed by atoms with E-state index in [1.807, 2.05) is 0 Å². The van der Waals surface area contributed by atoms with Crippen LogP contribution in [0.5, 0.6) is 0 Å². The molecule has 1 aromatic heterocycles. The number of ether oxygens (including phenoxy) is 1. The number of piperidine rings is 1. The van der Waals surface area contributed by atoms with Gasteiger partial charge in [0.1, 0.15) is 0 Å². The summed E-state index contributed by atoms with van der Waals surface area (Å²) in [7, 11) is 0. The summed E-state index contributed by atoms with van der Waals surface area (Å²) >= 11 is 0. The van der Waals surface area contributed by atoms with Crippen molar-refractivity contribution >= 4 is 5.95 Å². The number of likely N-dealkylation sites (tertiary alicyclic amines) is 1. The van der Waals surface area contributed by atoms with E-state index in [2.05, 4.69) is 50.5 Å². The lowest BCUT2D eigenvalue weighted by Crippen LogP contribution is -2.36. The first-order valence-corrected chi connectivity index (χ1v) is 8.89. The maximum absolute atomic E-state index is 12.7. The summed E-state index contributed by atoms with van der Waals surface area (Å²) < 4.78 is 18.7. The standard InChI is InChI=1S/C19H25FN4O/c20-17-13-22-19(23-14-17)21-9-4-12-25-18-7-10-24(11-8-18)15-16-5-2-1-3-6-16/h1-3,5-6,13-14,18H,4,7-12,15H2,(H,21,22,23). The first kappa shape index (κ1) is 17.8. The molecule has 1 aliphatic rings. The molecule has 0 aliphatic carbocycles. The molecule has 6 heteroatoms. The Bertz CT molecular complexity index is 615. The Labute approximate surface area is 148 Å². The fraction of sp³-hybridized carbons (Fsp3) is 0.474. The molecule has 2 aromatic rings. The van der Waals surface area contributed by atoms with Gasteiger partial charge in [-0.2, -0.15) is 0 Å². The van der Waals surface area contributed by atoms with Crippen LogP contribution in [0.2, 0.25) is 0 Å². The number of benzene rings is 1. The van der Waals surface area contributed by atoms with Crippen LogP contribution in [-0.2, 0) is 11.3 Å². The lowest BCUT2D eigenvalue weighted by atomic mass is 10.1. The van der Waals surface area contributed by atoms with Crippen LogP contribution in [0.1, 0.15) is 24.8 Å². The summed E-state index contributed by atoms with van der Waals surface area (Å²) in [6.45, 7) is 4.63. The van der Waals surface area contributed by atoms with Gasteiger partial charge in [-0.05, 0) is 24.8 Å². The van der Waals surface area contributed by atoms with E-state index in [0.29, 0.717) is 12.1 Å². The van der Waals surface area contributed by atoms with Gasteiger partial charge in [0.25, 0.3) is 0 Å². The molecule has 2 heterocycles. The van der Waals surface area contributed by atoms with E-state index >= 15 is 0 Å². The number of aromatic nitrogens is 2. The first-order chi connectivity index (χ1) is 12.3. The molecular weight excluding hydrogens is 319 g/mol. The summed E-state index contributed by atoms with van der Waals surface area (Å²) in [4.78, 5) is 10.2. The number of hydrogen-bond acceptors (Lipinski definition) is 5. The van der Waals surface area contributed by atoms with Crippen LogP contribution in [0, 0.1) is 5.82 Å². The summed E-state index contributed by atoms with van der Waals surface area (Å²) in [5.74, 6) is 0.0307. The van der Waals surface area contributed by atoms with E-state index in [1.54, 1.807) is 0 Å². The largest absolute Gasteiger partial charge is 0.378 e. The third kappa shape index (κ3) is 6.07. The van der Waals surface area contributed by atoms with Crippen molar-refractivity contribution in [3.63, 3.8) is 0 Å². The van der Waals surface area contributed by atoms with Gasteiger partial charge in [-0.1, -0.05) is 30.3 Å². The number of nitrogens with zero attached hydrogens (tertiary/aromatic N) is 3. The minimum absolute atomic E-state index is 0.356. The highest BCUT2D eigenvalue weighted by Gasteiger charge is 2.19. The fourth-order valence-electron chi connectivity index (χ4n) is 3.00. The van der Waals surface area contributed by atoms with Crippen molar-refractivity contribution in [1.82, 2.24) is 14.9 Å². The average molecular weight is 344 g/mol. The molecule has 0 amide bonds. The summed E-state index contributed by atoms with van der Waals surface area (Å²) in [6.07, 6.45) is 5.73. The van der Waals surface area contributed by atoms with Crippen molar-refractivity contribution in [2.75, 3.05) is 31.6 Å². The van der Waals surface area contributed by atoms with Crippen molar-refractivity contribution in [2.45, 2.75) is 31.9 Å². The van der Waals surface area contributed by atoms with Crippen LogP contribution in [0.25, 0.3) is 0 Å². The third-order valence-electron chi connectivity index (χ3n) is 4.36. The van der Waals surface area contributed by atoms with Crippen LogP contribution in [0.3, 0.4) is 0 Å². The van der Waals surface area contributed by atoms with Gasteiger partial charge in [0, 0.05) is 32.8 Å². The Morgan fingerprint density at radius 3 is 2.56 bits per heavy atom. The number of hydrogen-bond donors (Lipinski definition) is 1. The zero-order valence-corrected chi connectivity index (χ0v) is 14.4. The second-order valence-electron chi connectivity index (χ2n) is 6.34. The topological polar surface area (TPSA) is 50.3 Å². The molecule has 3 rings (SSSR count). The molecule has 0 saturated carbocycles. The third-order valence-corrected chi connectivity index (χ3v) is 4.36. The predicted molar refractivity (Wildman–Crippen MR) is 95.8 cm³/mol. The predicted octanol–water partition coefficient (Wildman–Crippen LogP) is 3.10. The lowest BCUT2D eigenvalue weighted by Gasteiger charge is -2.32. The Morgan fingerprint density at radius 2 is 1.84 bits per heavy atom. The molecule has 5 nitrogen and oxygen atoms in total. The van der Waals surface area contributed by atoms with Gasteiger partial charge in [-0.15, -0.1) is 0 Å². The van der Waals surface area contributed by atoms with E-state index in [1.165, 1.54) is 5.56 Å². The molecule has 134 valence electrons. The summed E-state index contributed by atoms with van der Waals surface area (Å²) in [6, 6.07) is 10.6. The molecule has 1 N–H and O–H groups in total. The number of rotatable bonds is 8. The van der Waals surface area contributed by atoms with Gasteiger partial charge in [0.2, 0.25) is 5.95 Å². The lowest BCUT2D eigenvalue weighted by molar-refractivity contribution is 0.00589. The highest BCUT2D eigenvalue weighted by atomic mass is 19.1. The van der Waals surface area contributed by atoms with Crippen LogP contribution < -0.4 is 5.32 Å². The number of anilines is 1. The second-order valence-corrected chi connectivity index (χ2v) is 6.34. The van der Waals surface area contributed by atoms with Crippen molar-refractivity contribution < 1.29 is 9.13 Å². The highest BCUT2D eigenvalue weighted by Crippen LogP contribution is 2.16. The highest BCUT2D eigenvalue weighted by molar-refractivity contribution is 5.21. The maximum atomic E-state index is 12.7. The van der Waals surface area contributed by atoms with E-state index in [0.717, 1.165) is 64.4 Å². The fourth-order valence-corrected chi connectivity index (χ4v) is 3.00. The maximum Gasteiger partial charge on any atom is 0.222 e. The van der Waals surface area contributed by atoms with Crippen LogP contribution >= 0.6 is 0 Å². The molecule has 1 aromatic carbocycles. The summed E-state index contributed by atoms with van der Waals surface area (Å²) in [5.41, 5.74) is 1.37.